The molecule has 2 amide bonds. The summed E-state index contributed by atoms with van der Waals surface area (Å²) in [5.41, 5.74) is 3.76. The molecule has 0 bridgehead atoms. The zero-order valence-corrected chi connectivity index (χ0v) is 19.6. The molecule has 9 heteroatoms. The van der Waals surface area contributed by atoms with Crippen molar-refractivity contribution < 1.29 is 14.0 Å². The molecule has 0 aliphatic carbocycles. The van der Waals surface area contributed by atoms with E-state index in [0.717, 1.165) is 48.7 Å². The van der Waals surface area contributed by atoms with Crippen LogP contribution in [0.4, 0.5) is 11.4 Å². The van der Waals surface area contributed by atoms with Crippen molar-refractivity contribution in [2.75, 3.05) is 42.1 Å². The quantitative estimate of drug-likeness (QED) is 0.530. The summed E-state index contributed by atoms with van der Waals surface area (Å²) in [5.74, 6) is 0.684. The van der Waals surface area contributed by atoms with Gasteiger partial charge < -0.3 is 19.5 Å². The number of benzene rings is 2. The molecule has 0 atom stereocenters. The zero-order valence-electron chi connectivity index (χ0n) is 18.8. The van der Waals surface area contributed by atoms with Crippen LogP contribution in [0, 0.1) is 6.92 Å². The summed E-state index contributed by atoms with van der Waals surface area (Å²) >= 11 is 1.21. The number of hydrogen-bond donors (Lipinski definition) is 1. The predicted molar refractivity (Wildman–Crippen MR) is 129 cm³/mol. The largest absolute Gasteiger partial charge is 0.411 e. The first-order chi connectivity index (χ1) is 16.0. The van der Waals surface area contributed by atoms with Crippen LogP contribution < -0.4 is 10.2 Å². The van der Waals surface area contributed by atoms with Crippen LogP contribution in [0.25, 0.3) is 11.5 Å². The van der Waals surface area contributed by atoms with Gasteiger partial charge in [0.25, 0.3) is 5.22 Å². The van der Waals surface area contributed by atoms with Crippen LogP contribution in [0.5, 0.6) is 0 Å². The Labute approximate surface area is 197 Å². The van der Waals surface area contributed by atoms with Crippen molar-refractivity contribution in [1.29, 1.82) is 0 Å². The summed E-state index contributed by atoms with van der Waals surface area (Å²) in [7, 11) is 0. The van der Waals surface area contributed by atoms with E-state index >= 15 is 0 Å². The van der Waals surface area contributed by atoms with Crippen LogP contribution >= 0.6 is 11.8 Å². The Morgan fingerprint density at radius 3 is 2.45 bits per heavy atom. The predicted octanol–water partition coefficient (Wildman–Crippen LogP) is 3.83. The molecule has 1 aliphatic rings. The van der Waals surface area contributed by atoms with E-state index in [1.165, 1.54) is 11.8 Å². The molecule has 1 fully saturated rings. The normalized spacial score (nSPS) is 13.8. The SMILES string of the molecule is CCC(=O)N1CCN(c2ccc(NC(=O)CSc3nnc(-c4ccccc4C)o3)cc2)CC1. The number of aromatic nitrogens is 2. The molecule has 1 saturated heterocycles. The fraction of sp³-hybridized carbons (Fsp3) is 0.333. The third-order valence-electron chi connectivity index (χ3n) is 5.56. The molecule has 2 heterocycles. The fourth-order valence-electron chi connectivity index (χ4n) is 3.71. The molecule has 2 aromatic carbocycles. The molecule has 1 aliphatic heterocycles. The lowest BCUT2D eigenvalue weighted by Crippen LogP contribution is -2.48. The first-order valence-corrected chi connectivity index (χ1v) is 12.0. The van der Waals surface area contributed by atoms with Crippen LogP contribution in [-0.2, 0) is 9.59 Å². The van der Waals surface area contributed by atoms with Crippen LogP contribution in [0.1, 0.15) is 18.9 Å². The van der Waals surface area contributed by atoms with Crippen molar-refractivity contribution in [3.63, 3.8) is 0 Å². The molecule has 1 aromatic heterocycles. The van der Waals surface area contributed by atoms with Gasteiger partial charge in [0.1, 0.15) is 0 Å². The molecule has 8 nitrogen and oxygen atoms in total. The first-order valence-electron chi connectivity index (χ1n) is 11.0. The Morgan fingerprint density at radius 1 is 1.03 bits per heavy atom. The molecule has 33 heavy (non-hydrogen) atoms. The van der Waals surface area contributed by atoms with Crippen LogP contribution in [0.15, 0.2) is 58.2 Å². The number of carbonyl (C=O) groups excluding carboxylic acids is 2. The molecule has 0 saturated carbocycles. The topological polar surface area (TPSA) is 91.6 Å². The number of nitrogens with one attached hydrogen (secondary N) is 1. The minimum absolute atomic E-state index is 0.143. The van der Waals surface area contributed by atoms with E-state index in [2.05, 4.69) is 20.4 Å². The number of aryl methyl sites for hydroxylation is 1. The number of carbonyl (C=O) groups is 2. The first kappa shape index (κ1) is 22.8. The maximum absolute atomic E-state index is 12.4. The highest BCUT2D eigenvalue weighted by atomic mass is 32.2. The third-order valence-corrected chi connectivity index (χ3v) is 6.38. The van der Waals surface area contributed by atoms with E-state index in [9.17, 15) is 9.59 Å². The van der Waals surface area contributed by atoms with Crippen molar-refractivity contribution in [3.05, 3.63) is 54.1 Å². The van der Waals surface area contributed by atoms with Gasteiger partial charge in [0.2, 0.25) is 17.7 Å². The Bertz CT molecular complexity index is 1110. The van der Waals surface area contributed by atoms with E-state index in [0.29, 0.717) is 17.5 Å². The van der Waals surface area contributed by atoms with Crippen molar-refractivity contribution in [3.8, 4) is 11.5 Å². The summed E-state index contributed by atoms with van der Waals surface area (Å²) in [6.45, 7) is 6.97. The molecule has 3 aromatic rings. The van der Waals surface area contributed by atoms with Crippen LogP contribution in [0.3, 0.4) is 0 Å². The second kappa shape index (κ2) is 10.5. The monoisotopic (exact) mass is 465 g/mol. The van der Waals surface area contributed by atoms with E-state index in [-0.39, 0.29) is 17.6 Å². The van der Waals surface area contributed by atoms with E-state index in [4.69, 9.17) is 4.42 Å². The highest BCUT2D eigenvalue weighted by Gasteiger charge is 2.20. The van der Waals surface area contributed by atoms with Gasteiger partial charge in [-0.1, -0.05) is 36.9 Å². The summed E-state index contributed by atoms with van der Waals surface area (Å²) in [6, 6.07) is 15.6. The van der Waals surface area contributed by atoms with Gasteiger partial charge >= 0.3 is 0 Å². The number of rotatable bonds is 7. The Morgan fingerprint density at radius 2 is 1.76 bits per heavy atom. The van der Waals surface area contributed by atoms with Crippen molar-refractivity contribution in [1.82, 2.24) is 15.1 Å². The Balaban J connectivity index is 1.26. The molecule has 1 N–H and O–H groups in total. The number of hydrogen-bond acceptors (Lipinski definition) is 7. The van der Waals surface area contributed by atoms with Gasteiger partial charge in [-0.2, -0.15) is 0 Å². The fourth-order valence-corrected chi connectivity index (χ4v) is 4.27. The van der Waals surface area contributed by atoms with Gasteiger partial charge in [-0.05, 0) is 42.8 Å². The van der Waals surface area contributed by atoms with Crippen molar-refractivity contribution in [2.24, 2.45) is 0 Å². The Kier molecular flexibility index (Phi) is 7.29. The minimum Gasteiger partial charge on any atom is -0.411 e. The summed E-state index contributed by atoms with van der Waals surface area (Å²) < 4.78 is 5.69. The summed E-state index contributed by atoms with van der Waals surface area (Å²) in [6.07, 6.45) is 0.549. The standard InChI is InChI=1S/C24H27N5O3S/c1-3-22(31)29-14-12-28(13-15-29)19-10-8-18(9-11-19)25-21(30)16-33-24-27-26-23(32-24)20-7-5-4-6-17(20)2/h4-11H,3,12-16H2,1-2H3,(H,25,30). The average Bonchev–Trinajstić information content (AvgIpc) is 3.32. The molecule has 0 unspecified atom stereocenters. The second-order valence-electron chi connectivity index (χ2n) is 7.79. The molecule has 0 spiro atoms. The van der Waals surface area contributed by atoms with E-state index in [1.807, 2.05) is 67.3 Å². The third kappa shape index (κ3) is 5.73. The summed E-state index contributed by atoms with van der Waals surface area (Å²) in [5, 5.41) is 11.4. The number of thioether (sulfide) groups is 1. The van der Waals surface area contributed by atoms with E-state index in [1.54, 1.807) is 0 Å². The second-order valence-corrected chi connectivity index (χ2v) is 8.72. The average molecular weight is 466 g/mol. The van der Waals surface area contributed by atoms with Gasteiger partial charge in [0, 0.05) is 49.5 Å². The minimum atomic E-state index is -0.143. The van der Waals surface area contributed by atoms with Gasteiger partial charge in [0.05, 0.1) is 5.75 Å². The molecule has 4 rings (SSSR count). The van der Waals surface area contributed by atoms with Crippen molar-refractivity contribution in [2.45, 2.75) is 25.5 Å². The number of nitrogens with zero attached hydrogens (tertiary/aromatic N) is 4. The maximum atomic E-state index is 12.4. The lowest BCUT2D eigenvalue weighted by molar-refractivity contribution is -0.131. The smallest absolute Gasteiger partial charge is 0.277 e. The number of piperazine rings is 1. The Hall–Kier alpha value is -3.33. The highest BCUT2D eigenvalue weighted by Crippen LogP contribution is 2.26. The molecular formula is C24H27N5O3S. The number of anilines is 2. The van der Waals surface area contributed by atoms with Gasteiger partial charge in [-0.3, -0.25) is 9.59 Å². The van der Waals surface area contributed by atoms with E-state index < -0.39 is 0 Å². The zero-order chi connectivity index (χ0) is 23.2. The maximum Gasteiger partial charge on any atom is 0.277 e. The van der Waals surface area contributed by atoms with Crippen LogP contribution in [-0.4, -0.2) is 58.8 Å². The number of amides is 2. The van der Waals surface area contributed by atoms with Gasteiger partial charge in [0.15, 0.2) is 0 Å². The molecule has 0 radical (unpaired) electrons. The molecule has 172 valence electrons. The summed E-state index contributed by atoms with van der Waals surface area (Å²) in [4.78, 5) is 28.4. The van der Waals surface area contributed by atoms with Gasteiger partial charge in [-0.25, -0.2) is 0 Å². The molecular weight excluding hydrogens is 438 g/mol. The lowest BCUT2D eigenvalue weighted by atomic mass is 10.1. The lowest BCUT2D eigenvalue weighted by Gasteiger charge is -2.36. The van der Waals surface area contributed by atoms with Crippen LogP contribution in [0.2, 0.25) is 0 Å². The highest BCUT2D eigenvalue weighted by molar-refractivity contribution is 7.99. The van der Waals surface area contributed by atoms with Gasteiger partial charge in [-0.15, -0.1) is 10.2 Å². The van der Waals surface area contributed by atoms with Crippen molar-refractivity contribution >= 4 is 35.0 Å².